The Morgan fingerprint density at radius 1 is 0.885 bits per heavy atom. The summed E-state index contributed by atoms with van der Waals surface area (Å²) >= 11 is 3.48. The van der Waals surface area contributed by atoms with Crippen molar-refractivity contribution in [1.82, 2.24) is 9.21 Å². The van der Waals surface area contributed by atoms with Crippen LogP contribution >= 0.6 is 15.9 Å². The largest absolute Gasteiger partial charge is 0.292 e. The third kappa shape index (κ3) is 3.88. The quantitative estimate of drug-likeness (QED) is 0.726. The third-order valence-corrected chi connectivity index (χ3v) is 7.68. The van der Waals surface area contributed by atoms with Crippen LogP contribution in [-0.2, 0) is 15.6 Å². The lowest BCUT2D eigenvalue weighted by Gasteiger charge is -2.44. The van der Waals surface area contributed by atoms with Gasteiger partial charge in [0, 0.05) is 36.2 Å². The maximum Gasteiger partial charge on any atom is 0.243 e. The standard InChI is InChI=1S/C20H25BrN2O2S/c1-16-4-10-19(11-5-16)26(24,25)23-14-12-22(13-15-23)20(2,3)17-6-8-18(21)9-7-17/h4-11H,12-15H2,1-3H3. The zero-order chi connectivity index (χ0) is 18.9. The van der Waals surface area contributed by atoms with Gasteiger partial charge in [-0.25, -0.2) is 8.42 Å². The Labute approximate surface area is 165 Å². The molecule has 3 rings (SSSR count). The number of piperazine rings is 1. The van der Waals surface area contributed by atoms with Gasteiger partial charge >= 0.3 is 0 Å². The van der Waals surface area contributed by atoms with E-state index >= 15 is 0 Å². The van der Waals surface area contributed by atoms with E-state index in [2.05, 4.69) is 58.9 Å². The van der Waals surface area contributed by atoms with Crippen LogP contribution in [0, 0.1) is 6.92 Å². The number of rotatable bonds is 4. The minimum absolute atomic E-state index is 0.138. The number of aryl methyl sites for hydroxylation is 1. The maximum absolute atomic E-state index is 12.9. The van der Waals surface area contributed by atoms with Crippen LogP contribution in [0.1, 0.15) is 25.0 Å². The average Bonchev–Trinajstić information content (AvgIpc) is 2.62. The van der Waals surface area contributed by atoms with Gasteiger partial charge in [-0.2, -0.15) is 4.31 Å². The van der Waals surface area contributed by atoms with Crippen molar-refractivity contribution in [1.29, 1.82) is 0 Å². The second-order valence-electron chi connectivity index (χ2n) is 7.27. The molecule has 6 heteroatoms. The minimum Gasteiger partial charge on any atom is -0.292 e. The highest BCUT2D eigenvalue weighted by atomic mass is 79.9. The SMILES string of the molecule is Cc1ccc(S(=O)(=O)N2CCN(C(C)(C)c3ccc(Br)cc3)CC2)cc1. The van der Waals surface area contributed by atoms with Crippen molar-refractivity contribution < 1.29 is 8.42 Å². The first kappa shape index (κ1) is 19.5. The van der Waals surface area contributed by atoms with E-state index in [4.69, 9.17) is 0 Å². The Morgan fingerprint density at radius 3 is 1.96 bits per heavy atom. The summed E-state index contributed by atoms with van der Waals surface area (Å²) in [7, 11) is -3.42. The van der Waals surface area contributed by atoms with Crippen LogP contribution in [0.15, 0.2) is 57.9 Å². The molecule has 1 aliphatic rings. The van der Waals surface area contributed by atoms with Crippen LogP contribution in [-0.4, -0.2) is 43.8 Å². The van der Waals surface area contributed by atoms with Gasteiger partial charge in [0.15, 0.2) is 0 Å². The predicted molar refractivity (Wildman–Crippen MR) is 109 cm³/mol. The monoisotopic (exact) mass is 436 g/mol. The lowest BCUT2D eigenvalue weighted by molar-refractivity contribution is 0.0777. The van der Waals surface area contributed by atoms with Crippen molar-refractivity contribution in [3.05, 3.63) is 64.1 Å². The van der Waals surface area contributed by atoms with E-state index in [1.54, 1.807) is 16.4 Å². The molecule has 1 fully saturated rings. The van der Waals surface area contributed by atoms with Crippen molar-refractivity contribution in [2.45, 2.75) is 31.2 Å². The molecular formula is C20H25BrN2O2S. The number of hydrogen-bond donors (Lipinski definition) is 0. The molecule has 0 aliphatic carbocycles. The molecule has 0 N–H and O–H groups in total. The smallest absolute Gasteiger partial charge is 0.243 e. The number of sulfonamides is 1. The van der Waals surface area contributed by atoms with Gasteiger partial charge in [0.2, 0.25) is 10.0 Å². The normalized spacial score (nSPS) is 17.4. The van der Waals surface area contributed by atoms with Gasteiger partial charge in [-0.3, -0.25) is 4.90 Å². The molecule has 0 saturated carbocycles. The Bertz CT molecular complexity index is 854. The molecule has 2 aromatic carbocycles. The predicted octanol–water partition coefficient (Wildman–Crippen LogP) is 4.00. The summed E-state index contributed by atoms with van der Waals surface area (Å²) in [5, 5.41) is 0. The maximum atomic E-state index is 12.9. The molecular weight excluding hydrogens is 412 g/mol. The fraction of sp³-hybridized carbons (Fsp3) is 0.400. The van der Waals surface area contributed by atoms with Crippen LogP contribution in [0.4, 0.5) is 0 Å². The van der Waals surface area contributed by atoms with Crippen LogP contribution in [0.5, 0.6) is 0 Å². The minimum atomic E-state index is -3.42. The fourth-order valence-corrected chi connectivity index (χ4v) is 5.07. The lowest BCUT2D eigenvalue weighted by atomic mass is 9.91. The molecule has 0 atom stereocenters. The molecule has 0 unspecified atom stereocenters. The molecule has 0 amide bonds. The van der Waals surface area contributed by atoms with E-state index in [1.165, 1.54) is 5.56 Å². The molecule has 1 saturated heterocycles. The van der Waals surface area contributed by atoms with E-state index in [9.17, 15) is 8.42 Å². The summed E-state index contributed by atoms with van der Waals surface area (Å²) in [5.74, 6) is 0. The summed E-state index contributed by atoms with van der Waals surface area (Å²) in [6.07, 6.45) is 0. The summed E-state index contributed by atoms with van der Waals surface area (Å²) in [6.45, 7) is 8.80. The number of nitrogens with zero attached hydrogens (tertiary/aromatic N) is 2. The van der Waals surface area contributed by atoms with E-state index in [0.29, 0.717) is 31.1 Å². The average molecular weight is 437 g/mol. The van der Waals surface area contributed by atoms with Crippen molar-refractivity contribution in [3.63, 3.8) is 0 Å². The highest BCUT2D eigenvalue weighted by Crippen LogP contribution is 2.30. The van der Waals surface area contributed by atoms with E-state index in [-0.39, 0.29) is 5.54 Å². The Balaban J connectivity index is 1.72. The molecule has 0 radical (unpaired) electrons. The fourth-order valence-electron chi connectivity index (χ4n) is 3.39. The molecule has 4 nitrogen and oxygen atoms in total. The zero-order valence-electron chi connectivity index (χ0n) is 15.4. The number of halogens is 1. The van der Waals surface area contributed by atoms with Crippen molar-refractivity contribution in [2.75, 3.05) is 26.2 Å². The molecule has 1 aliphatic heterocycles. The Kier molecular flexibility index (Phi) is 5.58. The van der Waals surface area contributed by atoms with Crippen molar-refractivity contribution >= 4 is 26.0 Å². The molecule has 2 aromatic rings. The summed E-state index contributed by atoms with van der Waals surface area (Å²) < 4.78 is 28.4. The molecule has 0 bridgehead atoms. The van der Waals surface area contributed by atoms with Gasteiger partial charge in [0.1, 0.15) is 0 Å². The van der Waals surface area contributed by atoms with E-state index in [1.807, 2.05) is 19.1 Å². The molecule has 1 heterocycles. The van der Waals surface area contributed by atoms with Crippen LogP contribution < -0.4 is 0 Å². The topological polar surface area (TPSA) is 40.6 Å². The Hall–Kier alpha value is -1.21. The third-order valence-electron chi connectivity index (χ3n) is 5.24. The summed E-state index contributed by atoms with van der Waals surface area (Å²) in [6, 6.07) is 15.4. The van der Waals surface area contributed by atoms with Crippen LogP contribution in [0.25, 0.3) is 0 Å². The summed E-state index contributed by atoms with van der Waals surface area (Å²) in [4.78, 5) is 2.74. The highest BCUT2D eigenvalue weighted by Gasteiger charge is 2.35. The zero-order valence-corrected chi connectivity index (χ0v) is 17.8. The molecule has 0 aromatic heterocycles. The summed E-state index contributed by atoms with van der Waals surface area (Å²) in [5.41, 5.74) is 2.15. The first-order chi connectivity index (χ1) is 12.2. The van der Waals surface area contributed by atoms with Crippen LogP contribution in [0.2, 0.25) is 0 Å². The van der Waals surface area contributed by atoms with Gasteiger partial charge in [-0.15, -0.1) is 0 Å². The van der Waals surface area contributed by atoms with Crippen molar-refractivity contribution in [3.8, 4) is 0 Å². The van der Waals surface area contributed by atoms with Crippen LogP contribution in [0.3, 0.4) is 0 Å². The molecule has 0 spiro atoms. The second kappa shape index (κ2) is 7.43. The Morgan fingerprint density at radius 2 is 1.42 bits per heavy atom. The first-order valence-electron chi connectivity index (χ1n) is 8.79. The first-order valence-corrected chi connectivity index (χ1v) is 11.0. The number of hydrogen-bond acceptors (Lipinski definition) is 3. The van der Waals surface area contributed by atoms with Gasteiger partial charge in [0.05, 0.1) is 4.90 Å². The number of benzene rings is 2. The van der Waals surface area contributed by atoms with Crippen molar-refractivity contribution in [2.24, 2.45) is 0 Å². The van der Waals surface area contributed by atoms with Gasteiger partial charge in [-0.05, 0) is 50.6 Å². The lowest BCUT2D eigenvalue weighted by Crippen LogP contribution is -2.54. The highest BCUT2D eigenvalue weighted by molar-refractivity contribution is 9.10. The molecule has 140 valence electrons. The van der Waals surface area contributed by atoms with E-state index in [0.717, 1.165) is 10.0 Å². The van der Waals surface area contributed by atoms with E-state index < -0.39 is 10.0 Å². The van der Waals surface area contributed by atoms with Gasteiger partial charge in [-0.1, -0.05) is 45.8 Å². The van der Waals surface area contributed by atoms with Gasteiger partial charge in [0.25, 0.3) is 0 Å². The van der Waals surface area contributed by atoms with Gasteiger partial charge < -0.3 is 0 Å². The second-order valence-corrected chi connectivity index (χ2v) is 10.1. The molecule has 26 heavy (non-hydrogen) atoms.